The zero-order valence-corrected chi connectivity index (χ0v) is 22.8. The third-order valence-electron chi connectivity index (χ3n) is 8.85. The van der Waals surface area contributed by atoms with Crippen LogP contribution in [0.3, 0.4) is 0 Å². The largest absolute Gasteiger partial charge is 0.314 e. The van der Waals surface area contributed by atoms with Gasteiger partial charge in [-0.2, -0.15) is 0 Å². The lowest BCUT2D eigenvalue weighted by Crippen LogP contribution is -1.94. The summed E-state index contributed by atoms with van der Waals surface area (Å²) in [6.07, 6.45) is 2.34. The fourth-order valence-corrected chi connectivity index (χ4v) is 8.29. The van der Waals surface area contributed by atoms with Crippen molar-refractivity contribution >= 4 is 91.3 Å². The fourth-order valence-electron chi connectivity index (χ4n) is 7.16. The van der Waals surface area contributed by atoms with Crippen molar-refractivity contribution in [3.8, 4) is 5.69 Å². The van der Waals surface area contributed by atoms with E-state index in [0.717, 1.165) is 0 Å². The molecule has 2 nitrogen and oxygen atoms in total. The maximum atomic E-state index is 2.48. The smallest absolute Gasteiger partial charge is 0.0635 e. The second-order valence-corrected chi connectivity index (χ2v) is 12.1. The van der Waals surface area contributed by atoms with Crippen molar-refractivity contribution in [2.75, 3.05) is 0 Å². The van der Waals surface area contributed by atoms with Crippen LogP contribution >= 0.6 is 11.3 Å². The van der Waals surface area contributed by atoms with Crippen LogP contribution < -0.4 is 0 Å². The standard InChI is InChI=1S/C38H22N2S/c1-2-11-24(12-3-1)40-32-16-8-6-15-28(32)36-33(40)19-18-27-29-21-35-30(26-14-7-9-17-34(26)41-35)20-31(29)37-25-13-5-4-10-23(25)22-39(37)38(27)36/h1-22H. The zero-order valence-electron chi connectivity index (χ0n) is 22.0. The van der Waals surface area contributed by atoms with Crippen LogP contribution in [0.4, 0.5) is 0 Å². The molecule has 0 unspecified atom stereocenters. The van der Waals surface area contributed by atoms with Crippen molar-refractivity contribution in [2.24, 2.45) is 0 Å². The topological polar surface area (TPSA) is 9.34 Å². The van der Waals surface area contributed by atoms with Gasteiger partial charge in [0.2, 0.25) is 0 Å². The molecule has 0 bridgehead atoms. The second kappa shape index (κ2) is 7.75. The second-order valence-electron chi connectivity index (χ2n) is 11.0. The first-order valence-corrected chi connectivity index (χ1v) is 14.8. The Bertz CT molecular complexity index is 2690. The van der Waals surface area contributed by atoms with Crippen molar-refractivity contribution in [3.05, 3.63) is 134 Å². The maximum absolute atomic E-state index is 2.48. The van der Waals surface area contributed by atoms with E-state index in [2.05, 4.69) is 143 Å². The Balaban J connectivity index is 1.51. The summed E-state index contributed by atoms with van der Waals surface area (Å²) in [5.74, 6) is 0. The van der Waals surface area contributed by atoms with Gasteiger partial charge in [-0.05, 0) is 47.9 Å². The van der Waals surface area contributed by atoms with Crippen molar-refractivity contribution in [3.63, 3.8) is 0 Å². The molecule has 0 amide bonds. The normalized spacial score (nSPS) is 12.4. The first kappa shape index (κ1) is 21.7. The predicted octanol–water partition coefficient (Wildman–Crippen LogP) is 10.9. The van der Waals surface area contributed by atoms with E-state index in [1.165, 1.54) is 85.6 Å². The van der Waals surface area contributed by atoms with E-state index < -0.39 is 0 Å². The fraction of sp³-hybridized carbons (Fsp3) is 0. The van der Waals surface area contributed by atoms with Crippen LogP contribution in [0.5, 0.6) is 0 Å². The summed E-state index contributed by atoms with van der Waals surface area (Å²) < 4.78 is 7.57. The van der Waals surface area contributed by atoms with E-state index in [-0.39, 0.29) is 0 Å². The van der Waals surface area contributed by atoms with Gasteiger partial charge in [-0.15, -0.1) is 11.3 Å². The van der Waals surface area contributed by atoms with E-state index >= 15 is 0 Å². The van der Waals surface area contributed by atoms with Gasteiger partial charge in [-0.3, -0.25) is 0 Å². The molecule has 0 spiro atoms. The molecule has 41 heavy (non-hydrogen) atoms. The van der Waals surface area contributed by atoms with E-state index in [1.807, 2.05) is 11.3 Å². The number of hydrogen-bond donors (Lipinski definition) is 0. The van der Waals surface area contributed by atoms with Crippen LogP contribution in [-0.4, -0.2) is 8.97 Å². The molecule has 3 heteroatoms. The number of hydrogen-bond acceptors (Lipinski definition) is 1. The third-order valence-corrected chi connectivity index (χ3v) is 9.99. The van der Waals surface area contributed by atoms with E-state index in [0.29, 0.717) is 0 Å². The van der Waals surface area contributed by atoms with E-state index in [1.54, 1.807) is 0 Å². The predicted molar refractivity (Wildman–Crippen MR) is 177 cm³/mol. The Morgan fingerprint density at radius 3 is 2.10 bits per heavy atom. The average Bonchev–Trinajstić information content (AvgIpc) is 3.70. The van der Waals surface area contributed by atoms with Crippen molar-refractivity contribution in [1.82, 2.24) is 8.97 Å². The van der Waals surface area contributed by atoms with Crippen LogP contribution in [-0.2, 0) is 0 Å². The quantitative estimate of drug-likeness (QED) is 0.184. The lowest BCUT2D eigenvalue weighted by Gasteiger charge is -2.13. The van der Waals surface area contributed by atoms with Crippen molar-refractivity contribution < 1.29 is 0 Å². The van der Waals surface area contributed by atoms with E-state index in [9.17, 15) is 0 Å². The molecule has 6 aromatic carbocycles. The number of fused-ring (bicyclic) bond motifs is 15. The summed E-state index contributed by atoms with van der Waals surface area (Å²) in [5, 5.41) is 11.7. The van der Waals surface area contributed by atoms with Crippen molar-refractivity contribution in [2.45, 2.75) is 0 Å². The summed E-state index contributed by atoms with van der Waals surface area (Å²) >= 11 is 1.89. The number of thiophene rings is 1. The highest BCUT2D eigenvalue weighted by Gasteiger charge is 2.20. The maximum Gasteiger partial charge on any atom is 0.0635 e. The van der Waals surface area contributed by atoms with E-state index in [4.69, 9.17) is 0 Å². The molecule has 4 heterocycles. The minimum atomic E-state index is 1.18. The summed E-state index contributed by atoms with van der Waals surface area (Å²) in [7, 11) is 0. The number of rotatable bonds is 1. The Hall–Kier alpha value is -5.12. The molecule has 0 saturated carbocycles. The highest BCUT2D eigenvalue weighted by atomic mass is 32.1. The molecule has 0 aliphatic heterocycles. The monoisotopic (exact) mass is 538 g/mol. The molecule has 0 aliphatic rings. The molecule has 10 rings (SSSR count). The van der Waals surface area contributed by atoms with Gasteiger partial charge in [0.05, 0.1) is 22.1 Å². The molecule has 0 atom stereocenters. The van der Waals surface area contributed by atoms with Crippen LogP contribution in [0.25, 0.3) is 85.6 Å². The zero-order chi connectivity index (χ0) is 26.7. The molecule has 10 aromatic rings. The molecule has 4 aromatic heterocycles. The molecule has 0 saturated heterocycles. The first-order valence-electron chi connectivity index (χ1n) is 14.0. The van der Waals surface area contributed by atoms with Gasteiger partial charge in [0.25, 0.3) is 0 Å². The summed E-state index contributed by atoms with van der Waals surface area (Å²) in [6.45, 7) is 0. The number of benzene rings is 6. The van der Waals surface area contributed by atoms with Crippen molar-refractivity contribution in [1.29, 1.82) is 0 Å². The Labute approximate surface area is 238 Å². The van der Waals surface area contributed by atoms with Crippen LogP contribution in [0.1, 0.15) is 0 Å². The number of para-hydroxylation sites is 2. The van der Waals surface area contributed by atoms with Crippen LogP contribution in [0.2, 0.25) is 0 Å². The molecular weight excluding hydrogens is 516 g/mol. The lowest BCUT2D eigenvalue weighted by atomic mass is 9.99. The lowest BCUT2D eigenvalue weighted by molar-refractivity contribution is 1.18. The van der Waals surface area contributed by atoms with Gasteiger partial charge in [0.1, 0.15) is 0 Å². The van der Waals surface area contributed by atoms with Gasteiger partial charge >= 0.3 is 0 Å². The summed E-state index contributed by atoms with van der Waals surface area (Å²) in [6, 6.07) is 46.8. The van der Waals surface area contributed by atoms with Gasteiger partial charge in [-0.1, -0.05) is 84.9 Å². The number of aromatic nitrogens is 2. The minimum absolute atomic E-state index is 1.18. The van der Waals surface area contributed by atoms with Gasteiger partial charge in [-0.25, -0.2) is 0 Å². The molecular formula is C38H22N2S. The van der Waals surface area contributed by atoms with Gasteiger partial charge in [0, 0.05) is 64.4 Å². The number of pyridine rings is 1. The Morgan fingerprint density at radius 1 is 0.439 bits per heavy atom. The van der Waals surface area contributed by atoms with Crippen LogP contribution in [0, 0.1) is 0 Å². The van der Waals surface area contributed by atoms with Gasteiger partial charge in [0.15, 0.2) is 0 Å². The summed E-state index contributed by atoms with van der Waals surface area (Å²) in [4.78, 5) is 0. The number of nitrogens with zero attached hydrogens (tertiary/aromatic N) is 2. The molecule has 0 fully saturated rings. The molecule has 0 aliphatic carbocycles. The molecule has 190 valence electrons. The highest BCUT2D eigenvalue weighted by Crippen LogP contribution is 2.45. The molecule has 0 N–H and O–H groups in total. The third kappa shape index (κ3) is 2.76. The Kier molecular flexibility index (Phi) is 4.10. The van der Waals surface area contributed by atoms with Gasteiger partial charge < -0.3 is 8.97 Å². The van der Waals surface area contributed by atoms with Crippen LogP contribution in [0.15, 0.2) is 134 Å². The Morgan fingerprint density at radius 2 is 1.20 bits per heavy atom. The summed E-state index contributed by atoms with van der Waals surface area (Å²) in [5.41, 5.74) is 6.19. The average molecular weight is 539 g/mol. The highest BCUT2D eigenvalue weighted by molar-refractivity contribution is 7.25. The first-order chi connectivity index (χ1) is 20.3. The minimum Gasteiger partial charge on any atom is -0.314 e. The molecule has 0 radical (unpaired) electrons. The SMILES string of the molecule is c1ccc(-n2c3ccccc3c3c2ccc2c4cc5sc6ccccc6c5cc4c4c5ccccc5cn4c23)cc1.